The van der Waals surface area contributed by atoms with Gasteiger partial charge in [0.05, 0.1) is 0 Å². The van der Waals surface area contributed by atoms with Crippen LogP contribution in [0.15, 0.2) is 36.5 Å². The number of methoxy groups -OCH3 is 3. The Balaban J connectivity index is 2.24. The van der Waals surface area contributed by atoms with E-state index in [4.69, 9.17) is 25.8 Å². The fourth-order valence-electron chi connectivity index (χ4n) is 2.65. The fourth-order valence-corrected chi connectivity index (χ4v) is 5.94. The Morgan fingerprint density at radius 3 is 2.35 bits per heavy atom. The van der Waals surface area contributed by atoms with Crippen LogP contribution in [-0.2, 0) is 0 Å². The van der Waals surface area contributed by atoms with Gasteiger partial charge in [0.25, 0.3) is 0 Å². The number of ether oxygens (including phenoxy) is 3. The van der Waals surface area contributed by atoms with E-state index < -0.39 is 15.8 Å². The summed E-state index contributed by atoms with van der Waals surface area (Å²) in [6.45, 7) is 0. The van der Waals surface area contributed by atoms with E-state index >= 15 is 0 Å². The van der Waals surface area contributed by atoms with Crippen molar-refractivity contribution in [2.45, 2.75) is 0 Å². The van der Waals surface area contributed by atoms with Crippen LogP contribution in [0.5, 0.6) is 17.2 Å². The Hall–Kier alpha value is -2.41. The van der Waals surface area contributed by atoms with Gasteiger partial charge in [-0.25, -0.2) is 0 Å². The molecule has 0 aliphatic heterocycles. The number of rotatable bonds is 5. The molecule has 132 valence electrons. The first-order valence-electron chi connectivity index (χ1n) is 7.66. The molecule has 2 aromatic carbocycles. The minimum atomic E-state index is -0.914. The predicted octanol–water partition coefficient (Wildman–Crippen LogP) is 2.17. The molecule has 26 heavy (non-hydrogen) atoms. The SMILES string of the molecule is COc1cc2ncc(C#N)c([AsH]c3cc(Cl)ccc3OC)c2cc1OC. The van der Waals surface area contributed by atoms with E-state index in [9.17, 15) is 5.26 Å². The Bertz CT molecular complexity index is 1020. The third-order valence-electron chi connectivity index (χ3n) is 3.91. The van der Waals surface area contributed by atoms with E-state index in [-0.39, 0.29) is 0 Å². The minimum absolute atomic E-state index is 0.548. The van der Waals surface area contributed by atoms with E-state index in [1.165, 1.54) is 0 Å². The standard InChI is InChI=1S/C19H16AsClN2O3/c1-24-16-5-4-12(21)6-14(16)20-19-11(9-22)10-23-15-8-18(26-3)17(25-2)7-13(15)19/h4-8,10,20H,1-3H3. The molecule has 5 nitrogen and oxygen atoms in total. The monoisotopic (exact) mass is 430 g/mol. The zero-order valence-electron chi connectivity index (χ0n) is 14.5. The summed E-state index contributed by atoms with van der Waals surface area (Å²) < 4.78 is 18.2. The second kappa shape index (κ2) is 7.86. The van der Waals surface area contributed by atoms with Gasteiger partial charge >= 0.3 is 163 Å². The van der Waals surface area contributed by atoms with Crippen LogP contribution < -0.4 is 22.9 Å². The van der Waals surface area contributed by atoms with Gasteiger partial charge in [0, 0.05) is 0 Å². The third kappa shape index (κ3) is 3.44. The van der Waals surface area contributed by atoms with Gasteiger partial charge in [-0.05, 0) is 0 Å². The summed E-state index contributed by atoms with van der Waals surface area (Å²) in [4.78, 5) is 4.40. The molecule has 0 bridgehead atoms. The molecule has 3 rings (SSSR count). The number of hydrogen-bond donors (Lipinski definition) is 0. The molecule has 3 aromatic rings. The number of hydrogen-bond acceptors (Lipinski definition) is 5. The van der Waals surface area contributed by atoms with Gasteiger partial charge in [-0.2, -0.15) is 0 Å². The van der Waals surface area contributed by atoms with E-state index in [0.29, 0.717) is 22.1 Å². The van der Waals surface area contributed by atoms with Crippen molar-refractivity contribution in [3.05, 3.63) is 47.1 Å². The number of nitriles is 1. The van der Waals surface area contributed by atoms with Gasteiger partial charge in [0.1, 0.15) is 0 Å². The molecular weight excluding hydrogens is 415 g/mol. The Labute approximate surface area is 163 Å². The molecule has 0 radical (unpaired) electrons. The van der Waals surface area contributed by atoms with Crippen LogP contribution in [0.25, 0.3) is 10.9 Å². The van der Waals surface area contributed by atoms with Crippen molar-refractivity contribution in [1.82, 2.24) is 4.98 Å². The van der Waals surface area contributed by atoms with Crippen LogP contribution in [0, 0.1) is 11.3 Å². The molecule has 0 aliphatic rings. The van der Waals surface area contributed by atoms with E-state index in [2.05, 4.69) is 11.1 Å². The Morgan fingerprint density at radius 2 is 1.69 bits per heavy atom. The second-order valence-corrected chi connectivity index (χ2v) is 8.49. The first-order valence-corrected chi connectivity index (χ1v) is 10.1. The van der Waals surface area contributed by atoms with Crippen LogP contribution in [-0.4, -0.2) is 42.1 Å². The maximum absolute atomic E-state index is 9.58. The number of nitrogens with zero attached hydrogens (tertiary/aromatic N) is 2. The number of aromatic nitrogens is 1. The van der Waals surface area contributed by atoms with Crippen LogP contribution in [0.3, 0.4) is 0 Å². The van der Waals surface area contributed by atoms with Gasteiger partial charge in [0.15, 0.2) is 0 Å². The van der Waals surface area contributed by atoms with Crippen LogP contribution in [0.2, 0.25) is 5.02 Å². The molecule has 0 saturated heterocycles. The van der Waals surface area contributed by atoms with Gasteiger partial charge < -0.3 is 0 Å². The molecule has 0 aliphatic carbocycles. The van der Waals surface area contributed by atoms with Crippen molar-refractivity contribution in [3.63, 3.8) is 0 Å². The molecule has 1 aromatic heterocycles. The molecule has 0 fully saturated rings. The number of halogens is 1. The average Bonchev–Trinajstić information content (AvgIpc) is 2.67. The third-order valence-corrected chi connectivity index (χ3v) is 7.19. The van der Waals surface area contributed by atoms with Crippen molar-refractivity contribution in [2.24, 2.45) is 0 Å². The number of pyridine rings is 1. The zero-order valence-corrected chi connectivity index (χ0v) is 17.3. The molecule has 0 spiro atoms. The Morgan fingerprint density at radius 1 is 1.00 bits per heavy atom. The van der Waals surface area contributed by atoms with Crippen LogP contribution >= 0.6 is 11.6 Å². The summed E-state index contributed by atoms with van der Waals surface area (Å²) in [6, 6.07) is 11.5. The summed E-state index contributed by atoms with van der Waals surface area (Å²) >= 11 is 5.26. The second-order valence-electron chi connectivity index (χ2n) is 5.35. The molecule has 0 saturated carbocycles. The number of fused-ring (bicyclic) bond motifs is 1. The summed E-state index contributed by atoms with van der Waals surface area (Å²) in [5, 5.41) is 11.1. The van der Waals surface area contributed by atoms with E-state index in [0.717, 1.165) is 25.4 Å². The van der Waals surface area contributed by atoms with Gasteiger partial charge in [-0.15, -0.1) is 0 Å². The quantitative estimate of drug-likeness (QED) is 0.581. The first-order chi connectivity index (χ1) is 12.6. The normalized spacial score (nSPS) is 10.9. The Kier molecular flexibility index (Phi) is 5.56. The van der Waals surface area contributed by atoms with Gasteiger partial charge in [-0.3, -0.25) is 0 Å². The predicted molar refractivity (Wildman–Crippen MR) is 104 cm³/mol. The maximum atomic E-state index is 9.58. The van der Waals surface area contributed by atoms with Gasteiger partial charge in [0.2, 0.25) is 0 Å². The first kappa shape index (κ1) is 18.4. The average molecular weight is 431 g/mol. The molecule has 0 amide bonds. The summed E-state index contributed by atoms with van der Waals surface area (Å²) in [7, 11) is 4.79. The summed E-state index contributed by atoms with van der Waals surface area (Å²) in [5.41, 5.74) is 1.30. The van der Waals surface area contributed by atoms with Crippen molar-refractivity contribution in [3.8, 4) is 23.3 Å². The van der Waals surface area contributed by atoms with Crippen molar-refractivity contribution < 1.29 is 14.2 Å². The van der Waals surface area contributed by atoms with Crippen LogP contribution in [0.4, 0.5) is 0 Å². The van der Waals surface area contributed by atoms with E-state index in [1.54, 1.807) is 33.6 Å². The molecular formula is C19H16AsClN2O3. The fraction of sp³-hybridized carbons (Fsp3) is 0.158. The van der Waals surface area contributed by atoms with Crippen molar-refractivity contribution in [2.75, 3.05) is 21.3 Å². The summed E-state index contributed by atoms with van der Waals surface area (Å²) in [5.74, 6) is 1.97. The molecule has 1 atom stereocenters. The molecule has 1 unspecified atom stereocenters. The molecule has 1 heterocycles. The summed E-state index contributed by atoms with van der Waals surface area (Å²) in [6.07, 6.45) is 1.60. The molecule has 7 heteroatoms. The van der Waals surface area contributed by atoms with E-state index in [1.807, 2.05) is 24.3 Å². The van der Waals surface area contributed by atoms with Crippen LogP contribution in [0.1, 0.15) is 5.56 Å². The van der Waals surface area contributed by atoms with Gasteiger partial charge in [-0.1, -0.05) is 0 Å². The number of benzene rings is 2. The topological polar surface area (TPSA) is 64.4 Å². The zero-order chi connectivity index (χ0) is 18.7. The van der Waals surface area contributed by atoms with Crippen molar-refractivity contribution in [1.29, 1.82) is 5.26 Å². The van der Waals surface area contributed by atoms with Crippen molar-refractivity contribution >= 4 is 47.0 Å². The molecule has 0 N–H and O–H groups in total.